The van der Waals surface area contributed by atoms with E-state index in [9.17, 15) is 5.11 Å². The molecule has 20 heavy (non-hydrogen) atoms. The standard InChI is InChI=1S/C14H23N5O/c1-6-7-19-11(8-15-17-19)12(20)10-9-18(5)16-13(10)14(2,3)4/h8-9,12,20H,6-7H2,1-5H3. The Labute approximate surface area is 119 Å². The van der Waals surface area contributed by atoms with E-state index in [2.05, 4.69) is 43.1 Å². The van der Waals surface area contributed by atoms with Crippen molar-refractivity contribution >= 4 is 0 Å². The first-order chi connectivity index (χ1) is 9.34. The summed E-state index contributed by atoms with van der Waals surface area (Å²) >= 11 is 0. The van der Waals surface area contributed by atoms with Crippen LogP contribution in [0.5, 0.6) is 0 Å². The Bertz CT molecular complexity index is 579. The molecule has 0 aromatic carbocycles. The largest absolute Gasteiger partial charge is 0.382 e. The number of rotatable bonds is 4. The van der Waals surface area contributed by atoms with Gasteiger partial charge in [-0.3, -0.25) is 4.68 Å². The molecule has 110 valence electrons. The summed E-state index contributed by atoms with van der Waals surface area (Å²) in [4.78, 5) is 0. The van der Waals surface area contributed by atoms with Crippen LogP contribution in [0.1, 0.15) is 57.2 Å². The zero-order chi connectivity index (χ0) is 14.9. The quantitative estimate of drug-likeness (QED) is 0.925. The van der Waals surface area contributed by atoms with Gasteiger partial charge in [-0.05, 0) is 6.42 Å². The highest BCUT2D eigenvalue weighted by Crippen LogP contribution is 2.31. The van der Waals surface area contributed by atoms with Crippen molar-refractivity contribution < 1.29 is 5.11 Å². The molecule has 2 aromatic rings. The Morgan fingerprint density at radius 3 is 2.65 bits per heavy atom. The maximum absolute atomic E-state index is 10.7. The lowest BCUT2D eigenvalue weighted by Gasteiger charge is -2.20. The molecular formula is C14H23N5O. The molecule has 1 atom stereocenters. The van der Waals surface area contributed by atoms with E-state index in [-0.39, 0.29) is 5.41 Å². The van der Waals surface area contributed by atoms with Gasteiger partial charge in [-0.1, -0.05) is 32.9 Å². The van der Waals surface area contributed by atoms with Crippen molar-refractivity contribution in [3.8, 4) is 0 Å². The normalized spacial score (nSPS) is 13.7. The number of hydrogen-bond acceptors (Lipinski definition) is 4. The Hall–Kier alpha value is -1.69. The zero-order valence-electron chi connectivity index (χ0n) is 12.8. The topological polar surface area (TPSA) is 68.8 Å². The number of aryl methyl sites for hydroxylation is 2. The predicted molar refractivity (Wildman–Crippen MR) is 76.3 cm³/mol. The summed E-state index contributed by atoms with van der Waals surface area (Å²) in [5.41, 5.74) is 2.31. The van der Waals surface area contributed by atoms with Gasteiger partial charge in [0.15, 0.2) is 0 Å². The molecular weight excluding hydrogens is 254 g/mol. The lowest BCUT2D eigenvalue weighted by Crippen LogP contribution is -2.18. The molecule has 1 N–H and O–H groups in total. The molecule has 0 aliphatic heterocycles. The van der Waals surface area contributed by atoms with Gasteiger partial charge in [-0.15, -0.1) is 5.10 Å². The van der Waals surface area contributed by atoms with Crippen molar-refractivity contribution in [2.24, 2.45) is 7.05 Å². The van der Waals surface area contributed by atoms with Gasteiger partial charge in [-0.2, -0.15) is 5.10 Å². The van der Waals surface area contributed by atoms with Gasteiger partial charge in [0.1, 0.15) is 6.10 Å². The van der Waals surface area contributed by atoms with Gasteiger partial charge >= 0.3 is 0 Å². The van der Waals surface area contributed by atoms with E-state index in [1.165, 1.54) is 0 Å². The molecule has 0 radical (unpaired) electrons. The third-order valence-corrected chi connectivity index (χ3v) is 3.23. The molecule has 1 unspecified atom stereocenters. The molecule has 0 aliphatic rings. The van der Waals surface area contributed by atoms with Gasteiger partial charge in [-0.25, -0.2) is 4.68 Å². The van der Waals surface area contributed by atoms with Crippen LogP contribution in [0.3, 0.4) is 0 Å². The lowest BCUT2D eigenvalue weighted by atomic mass is 9.87. The highest BCUT2D eigenvalue weighted by Gasteiger charge is 2.28. The Balaban J connectivity index is 2.43. The number of aliphatic hydroxyl groups is 1. The van der Waals surface area contributed by atoms with Crippen LogP contribution in [-0.4, -0.2) is 29.9 Å². The highest BCUT2D eigenvalue weighted by atomic mass is 16.3. The van der Waals surface area contributed by atoms with Crippen molar-refractivity contribution in [1.82, 2.24) is 24.8 Å². The van der Waals surface area contributed by atoms with Crippen molar-refractivity contribution in [2.45, 2.75) is 52.2 Å². The van der Waals surface area contributed by atoms with Crippen LogP contribution in [0.15, 0.2) is 12.4 Å². The first kappa shape index (κ1) is 14.7. The minimum atomic E-state index is -0.750. The second-order valence-electron chi connectivity index (χ2n) is 6.14. The van der Waals surface area contributed by atoms with Crippen molar-refractivity contribution in [3.63, 3.8) is 0 Å². The molecule has 2 rings (SSSR count). The zero-order valence-corrected chi connectivity index (χ0v) is 12.8. The third kappa shape index (κ3) is 2.75. The Morgan fingerprint density at radius 2 is 2.05 bits per heavy atom. The number of aliphatic hydroxyl groups excluding tert-OH is 1. The third-order valence-electron chi connectivity index (χ3n) is 3.23. The fraction of sp³-hybridized carbons (Fsp3) is 0.643. The monoisotopic (exact) mass is 277 g/mol. The summed E-state index contributed by atoms with van der Waals surface area (Å²) in [5, 5.41) is 23.1. The Kier molecular flexibility index (Phi) is 3.94. The van der Waals surface area contributed by atoms with E-state index in [0.29, 0.717) is 5.69 Å². The molecule has 2 aromatic heterocycles. The summed E-state index contributed by atoms with van der Waals surface area (Å²) in [6.45, 7) is 9.09. The van der Waals surface area contributed by atoms with E-state index < -0.39 is 6.10 Å². The van der Waals surface area contributed by atoms with Crippen molar-refractivity contribution in [3.05, 3.63) is 29.3 Å². The van der Waals surface area contributed by atoms with Crippen LogP contribution in [0.25, 0.3) is 0 Å². The summed E-state index contributed by atoms with van der Waals surface area (Å²) in [6.07, 6.45) is 3.69. The second kappa shape index (κ2) is 5.36. The second-order valence-corrected chi connectivity index (χ2v) is 6.14. The summed E-state index contributed by atoms with van der Waals surface area (Å²) in [6, 6.07) is 0. The van der Waals surface area contributed by atoms with E-state index in [4.69, 9.17) is 0 Å². The first-order valence-corrected chi connectivity index (χ1v) is 6.95. The van der Waals surface area contributed by atoms with Crippen LogP contribution in [-0.2, 0) is 19.0 Å². The van der Waals surface area contributed by atoms with Gasteiger partial charge in [0.25, 0.3) is 0 Å². The van der Waals surface area contributed by atoms with E-state index in [0.717, 1.165) is 24.2 Å². The molecule has 6 nitrogen and oxygen atoms in total. The van der Waals surface area contributed by atoms with Crippen molar-refractivity contribution in [2.75, 3.05) is 0 Å². The van der Waals surface area contributed by atoms with Gasteiger partial charge in [0, 0.05) is 30.8 Å². The smallest absolute Gasteiger partial charge is 0.126 e. The first-order valence-electron chi connectivity index (χ1n) is 6.95. The summed E-state index contributed by atoms with van der Waals surface area (Å²) < 4.78 is 3.50. The molecule has 0 fully saturated rings. The summed E-state index contributed by atoms with van der Waals surface area (Å²) in [5.74, 6) is 0. The van der Waals surface area contributed by atoms with Crippen LogP contribution in [0, 0.1) is 0 Å². The van der Waals surface area contributed by atoms with Gasteiger partial charge in [0.05, 0.1) is 17.6 Å². The molecule has 6 heteroatoms. The van der Waals surface area contributed by atoms with Crippen LogP contribution in [0.2, 0.25) is 0 Å². The Morgan fingerprint density at radius 1 is 1.35 bits per heavy atom. The predicted octanol–water partition coefficient (Wildman–Crippen LogP) is 1.80. The fourth-order valence-corrected chi connectivity index (χ4v) is 2.31. The molecule has 0 saturated heterocycles. The van der Waals surface area contributed by atoms with Crippen LogP contribution in [0.4, 0.5) is 0 Å². The van der Waals surface area contributed by atoms with Gasteiger partial charge in [0.2, 0.25) is 0 Å². The number of aromatic nitrogens is 5. The number of hydrogen-bond donors (Lipinski definition) is 1. The maximum atomic E-state index is 10.7. The molecule has 0 spiro atoms. The van der Waals surface area contributed by atoms with Gasteiger partial charge < -0.3 is 5.11 Å². The SMILES string of the molecule is CCCn1nncc1C(O)c1cn(C)nc1C(C)(C)C. The number of nitrogens with zero attached hydrogens (tertiary/aromatic N) is 5. The average molecular weight is 277 g/mol. The van der Waals surface area contributed by atoms with E-state index in [1.54, 1.807) is 15.6 Å². The molecule has 0 saturated carbocycles. The minimum absolute atomic E-state index is 0.124. The lowest BCUT2D eigenvalue weighted by molar-refractivity contribution is 0.204. The van der Waals surface area contributed by atoms with Crippen LogP contribution < -0.4 is 0 Å². The van der Waals surface area contributed by atoms with Crippen molar-refractivity contribution in [1.29, 1.82) is 0 Å². The van der Waals surface area contributed by atoms with Crippen LogP contribution >= 0.6 is 0 Å². The van der Waals surface area contributed by atoms with E-state index >= 15 is 0 Å². The molecule has 0 bridgehead atoms. The van der Waals surface area contributed by atoms with E-state index in [1.807, 2.05) is 13.2 Å². The minimum Gasteiger partial charge on any atom is -0.382 e. The molecule has 2 heterocycles. The molecule has 0 aliphatic carbocycles. The highest BCUT2D eigenvalue weighted by molar-refractivity contribution is 5.31. The maximum Gasteiger partial charge on any atom is 0.126 e. The molecule has 0 amide bonds. The average Bonchev–Trinajstić information content (AvgIpc) is 2.94. The fourth-order valence-electron chi connectivity index (χ4n) is 2.31. The summed E-state index contributed by atoms with van der Waals surface area (Å²) in [7, 11) is 1.87.